The second-order valence-corrected chi connectivity index (χ2v) is 11.0. The summed E-state index contributed by atoms with van der Waals surface area (Å²) < 4.78 is 7.78. The zero-order chi connectivity index (χ0) is 20.7. The van der Waals surface area contributed by atoms with Crippen LogP contribution in [0.5, 0.6) is 0 Å². The van der Waals surface area contributed by atoms with E-state index in [-0.39, 0.29) is 17.6 Å². The van der Waals surface area contributed by atoms with Gasteiger partial charge in [-0.15, -0.1) is 0 Å². The molecule has 0 bridgehead atoms. The molecule has 1 saturated carbocycles. The number of rotatable bonds is 5. The van der Waals surface area contributed by atoms with Gasteiger partial charge in [0.15, 0.2) is 0 Å². The summed E-state index contributed by atoms with van der Waals surface area (Å²) in [6.07, 6.45) is 13.9. The first-order valence-electron chi connectivity index (χ1n) is 12.1. The molecule has 5 nitrogen and oxygen atoms in total. The first kappa shape index (κ1) is 21.3. The molecule has 1 saturated heterocycles. The van der Waals surface area contributed by atoms with Crippen LogP contribution in [0.1, 0.15) is 64.2 Å². The molecule has 0 aromatic rings. The number of halogens is 1. The van der Waals surface area contributed by atoms with E-state index in [4.69, 9.17) is 9.57 Å². The summed E-state index contributed by atoms with van der Waals surface area (Å²) in [5.41, 5.74) is 1.42. The molecule has 0 aromatic carbocycles. The Morgan fingerprint density at radius 2 is 2.10 bits per heavy atom. The van der Waals surface area contributed by atoms with E-state index in [0.717, 1.165) is 37.5 Å². The van der Waals surface area contributed by atoms with Gasteiger partial charge >= 0.3 is 0 Å². The van der Waals surface area contributed by atoms with Crippen molar-refractivity contribution < 1.29 is 14.7 Å². The largest absolute Gasteiger partial charge is 0.493 e. The number of likely N-dealkylation sites (tertiary alicyclic amines) is 1. The first-order chi connectivity index (χ1) is 14.6. The lowest BCUT2D eigenvalue weighted by molar-refractivity contribution is -0.0968. The highest BCUT2D eigenvalue weighted by atomic mass is 79.9. The van der Waals surface area contributed by atoms with Gasteiger partial charge in [-0.05, 0) is 82.5 Å². The maximum Gasteiger partial charge on any atom is 0.112 e. The molecule has 4 unspecified atom stereocenters. The lowest BCUT2D eigenvalue weighted by Crippen LogP contribution is -2.42. The number of piperidine rings is 1. The van der Waals surface area contributed by atoms with Crippen LogP contribution >= 0.6 is 15.9 Å². The van der Waals surface area contributed by atoms with Crippen molar-refractivity contribution in [3.05, 3.63) is 22.0 Å². The molecule has 2 fully saturated rings. The third-order valence-corrected chi connectivity index (χ3v) is 9.21. The van der Waals surface area contributed by atoms with Gasteiger partial charge in [-0.25, -0.2) is 0 Å². The topological polar surface area (TPSA) is 45.2 Å². The molecule has 5 aliphatic rings. The molecule has 0 radical (unpaired) electrons. The lowest BCUT2D eigenvalue weighted by atomic mass is 9.60. The minimum absolute atomic E-state index is 0.0541. The quantitative estimate of drug-likeness (QED) is 0.623. The average Bonchev–Trinajstić information content (AvgIpc) is 3.02. The van der Waals surface area contributed by atoms with Crippen LogP contribution in [0.15, 0.2) is 22.0 Å². The number of ether oxygens (including phenoxy) is 1. The predicted octanol–water partition coefficient (Wildman–Crippen LogP) is 4.58. The van der Waals surface area contributed by atoms with Gasteiger partial charge in [0.1, 0.15) is 6.10 Å². The summed E-state index contributed by atoms with van der Waals surface area (Å²) in [4.78, 5) is 8.32. The molecule has 30 heavy (non-hydrogen) atoms. The van der Waals surface area contributed by atoms with Crippen molar-refractivity contribution in [2.75, 3.05) is 33.3 Å². The molecule has 2 aliphatic carbocycles. The monoisotopic (exact) mass is 480 g/mol. The molecule has 3 aliphatic heterocycles. The van der Waals surface area contributed by atoms with E-state index in [1.807, 2.05) is 5.06 Å². The molecule has 1 N–H and O–H groups in total. The number of hydrogen-bond acceptors (Lipinski definition) is 5. The van der Waals surface area contributed by atoms with Crippen LogP contribution in [0.4, 0.5) is 0 Å². The Labute approximate surface area is 189 Å². The molecule has 5 atom stereocenters. The van der Waals surface area contributed by atoms with Crippen LogP contribution < -0.4 is 0 Å². The highest BCUT2D eigenvalue weighted by Gasteiger charge is 2.59. The van der Waals surface area contributed by atoms with E-state index in [9.17, 15) is 5.11 Å². The summed E-state index contributed by atoms with van der Waals surface area (Å²) in [5, 5.41) is 12.4. The van der Waals surface area contributed by atoms with Crippen molar-refractivity contribution in [1.82, 2.24) is 9.96 Å². The molecule has 5 rings (SSSR count). The summed E-state index contributed by atoms with van der Waals surface area (Å²) in [6.45, 7) is 4.65. The zero-order valence-electron chi connectivity index (χ0n) is 18.3. The molecule has 0 aromatic heterocycles. The molecule has 6 heteroatoms. The van der Waals surface area contributed by atoms with Crippen molar-refractivity contribution in [2.45, 2.75) is 76.4 Å². The van der Waals surface area contributed by atoms with Gasteiger partial charge in [0.05, 0.1) is 30.9 Å². The number of hydroxylamine groups is 2. The van der Waals surface area contributed by atoms with E-state index in [0.29, 0.717) is 12.3 Å². The minimum Gasteiger partial charge on any atom is -0.493 e. The number of aliphatic hydroxyl groups excluding tert-OH is 1. The third kappa shape index (κ3) is 3.76. The van der Waals surface area contributed by atoms with Crippen LogP contribution in [0.25, 0.3) is 0 Å². The Kier molecular flexibility index (Phi) is 6.22. The van der Waals surface area contributed by atoms with E-state index >= 15 is 0 Å². The minimum atomic E-state index is -0.304. The van der Waals surface area contributed by atoms with Crippen molar-refractivity contribution in [3.63, 3.8) is 0 Å². The van der Waals surface area contributed by atoms with E-state index in [2.05, 4.69) is 27.0 Å². The van der Waals surface area contributed by atoms with E-state index in [1.165, 1.54) is 68.2 Å². The van der Waals surface area contributed by atoms with Crippen molar-refractivity contribution in [3.8, 4) is 0 Å². The average molecular weight is 481 g/mol. The van der Waals surface area contributed by atoms with Gasteiger partial charge in [-0.2, -0.15) is 0 Å². The highest BCUT2D eigenvalue weighted by Crippen LogP contribution is 2.63. The Morgan fingerprint density at radius 1 is 1.27 bits per heavy atom. The molecular weight excluding hydrogens is 444 g/mol. The van der Waals surface area contributed by atoms with E-state index < -0.39 is 0 Å². The maximum absolute atomic E-state index is 10.5. The summed E-state index contributed by atoms with van der Waals surface area (Å²) >= 11 is 4.00. The van der Waals surface area contributed by atoms with Gasteiger partial charge in [-0.1, -0.05) is 22.4 Å². The van der Waals surface area contributed by atoms with Crippen LogP contribution in [-0.4, -0.2) is 60.6 Å². The molecular formula is C24H37BrN2O3. The van der Waals surface area contributed by atoms with Crippen molar-refractivity contribution in [1.29, 1.82) is 0 Å². The fourth-order valence-electron chi connectivity index (χ4n) is 6.96. The fourth-order valence-corrected chi connectivity index (χ4v) is 7.82. The number of aliphatic hydroxyl groups is 1. The third-order valence-electron chi connectivity index (χ3n) is 8.30. The van der Waals surface area contributed by atoms with Gasteiger partial charge in [0, 0.05) is 23.0 Å². The van der Waals surface area contributed by atoms with Gasteiger partial charge in [-0.3, -0.25) is 9.90 Å². The predicted molar refractivity (Wildman–Crippen MR) is 121 cm³/mol. The Balaban J connectivity index is 1.36. The zero-order valence-corrected chi connectivity index (χ0v) is 19.9. The Morgan fingerprint density at radius 3 is 2.90 bits per heavy atom. The molecule has 168 valence electrons. The van der Waals surface area contributed by atoms with Crippen molar-refractivity contribution in [2.24, 2.45) is 17.3 Å². The molecule has 3 heterocycles. The highest BCUT2D eigenvalue weighted by molar-refractivity contribution is 9.11. The second-order valence-electron chi connectivity index (χ2n) is 10.2. The van der Waals surface area contributed by atoms with Crippen molar-refractivity contribution >= 4 is 15.9 Å². The summed E-state index contributed by atoms with van der Waals surface area (Å²) in [7, 11) is 1.74. The second kappa shape index (κ2) is 8.76. The Hall–Kier alpha value is -0.560. The van der Waals surface area contributed by atoms with Crippen LogP contribution in [0.3, 0.4) is 0 Å². The lowest BCUT2D eigenvalue weighted by Gasteiger charge is -2.44. The van der Waals surface area contributed by atoms with Gasteiger partial charge in [0.2, 0.25) is 0 Å². The summed E-state index contributed by atoms with van der Waals surface area (Å²) in [5.74, 6) is 2.12. The van der Waals surface area contributed by atoms with Gasteiger partial charge in [0.25, 0.3) is 0 Å². The van der Waals surface area contributed by atoms with Crippen LogP contribution in [0.2, 0.25) is 0 Å². The van der Waals surface area contributed by atoms with Gasteiger partial charge < -0.3 is 14.7 Å². The van der Waals surface area contributed by atoms with Crippen LogP contribution in [0, 0.1) is 17.3 Å². The molecule has 1 spiro atoms. The molecule has 0 amide bonds. The number of hydrogen-bond donors (Lipinski definition) is 1. The standard InChI is InChI=1S/C24H37BrN2O3/c1-29-27-15-18-12-19(28)13-20-23(18)24(21(25)16-27)14-17(7-8-22(24)30-20)6-5-11-26-9-3-2-4-10-26/h16-19,22,28H,2-15H2,1H3/t17?,18?,19-,22?,24?/m1/s1. The fraction of sp³-hybridized carbons (Fsp3) is 0.833. The summed E-state index contributed by atoms with van der Waals surface area (Å²) in [6, 6.07) is 0. The SMILES string of the molecule is CON1C=C(Br)C23CC(CCCN4CCCCC4)CCC2OC2=C3C(C[C@@H](O)C2)C1. The van der Waals surface area contributed by atoms with E-state index in [1.54, 1.807) is 7.11 Å². The Bertz CT molecular complexity index is 705. The number of nitrogens with zero attached hydrogens (tertiary/aromatic N) is 2. The maximum atomic E-state index is 10.5. The van der Waals surface area contributed by atoms with Crippen LogP contribution in [-0.2, 0) is 9.57 Å². The first-order valence-corrected chi connectivity index (χ1v) is 12.9. The normalized spacial score (nSPS) is 39.2. The smallest absolute Gasteiger partial charge is 0.112 e.